The lowest BCUT2D eigenvalue weighted by atomic mass is 9.95. The van der Waals surface area contributed by atoms with Gasteiger partial charge in [-0.15, -0.1) is 0 Å². The molecule has 0 aromatic heterocycles. The van der Waals surface area contributed by atoms with Gasteiger partial charge in [0.15, 0.2) is 0 Å². The van der Waals surface area contributed by atoms with Crippen LogP contribution in [-0.2, 0) is 4.79 Å². The maximum absolute atomic E-state index is 11.7. The molecule has 0 bridgehead atoms. The highest BCUT2D eigenvalue weighted by atomic mass is 16.3. The van der Waals surface area contributed by atoms with Crippen LogP contribution in [0.5, 0.6) is 0 Å². The Morgan fingerprint density at radius 2 is 1.94 bits per heavy atom. The van der Waals surface area contributed by atoms with E-state index in [4.69, 9.17) is 0 Å². The molecule has 0 aliphatic heterocycles. The van der Waals surface area contributed by atoms with E-state index in [1.807, 2.05) is 13.8 Å². The minimum atomic E-state index is -0.481. The maximum atomic E-state index is 11.7. The molecular weight excluding hydrogens is 216 g/mol. The predicted octanol–water partition coefficient (Wildman–Crippen LogP) is 1.18. The van der Waals surface area contributed by atoms with E-state index in [9.17, 15) is 9.90 Å². The van der Waals surface area contributed by atoms with Crippen molar-refractivity contribution in [2.75, 3.05) is 6.54 Å². The highest BCUT2D eigenvalue weighted by Gasteiger charge is 2.24. The summed E-state index contributed by atoms with van der Waals surface area (Å²) in [5.41, 5.74) is -0.427. The Morgan fingerprint density at radius 3 is 2.47 bits per heavy atom. The van der Waals surface area contributed by atoms with Crippen LogP contribution in [0.4, 0.5) is 0 Å². The first-order chi connectivity index (χ1) is 7.92. The normalized spacial score (nSPS) is 20.0. The quantitative estimate of drug-likeness (QED) is 0.678. The van der Waals surface area contributed by atoms with E-state index in [-0.39, 0.29) is 12.5 Å². The molecule has 4 nitrogen and oxygen atoms in total. The molecule has 3 N–H and O–H groups in total. The zero-order valence-corrected chi connectivity index (χ0v) is 11.3. The molecule has 1 aliphatic carbocycles. The molecule has 0 saturated heterocycles. The summed E-state index contributed by atoms with van der Waals surface area (Å²) in [6, 6.07) is 0.354. The SMILES string of the molecule is CC(O)C(C)(C)NCC(=O)NC1CCCCC1. The molecule has 4 heteroatoms. The third-order valence-corrected chi connectivity index (χ3v) is 3.72. The van der Waals surface area contributed by atoms with E-state index < -0.39 is 11.6 Å². The third kappa shape index (κ3) is 5.04. The van der Waals surface area contributed by atoms with Crippen LogP contribution in [-0.4, -0.2) is 35.2 Å². The summed E-state index contributed by atoms with van der Waals surface area (Å²) in [6.07, 6.45) is 5.45. The van der Waals surface area contributed by atoms with Crippen molar-refractivity contribution >= 4 is 5.91 Å². The van der Waals surface area contributed by atoms with Crippen molar-refractivity contribution in [3.8, 4) is 0 Å². The fourth-order valence-electron chi connectivity index (χ4n) is 1.98. The number of hydrogen-bond acceptors (Lipinski definition) is 3. The van der Waals surface area contributed by atoms with Gasteiger partial charge < -0.3 is 15.7 Å². The van der Waals surface area contributed by atoms with Crippen LogP contribution < -0.4 is 10.6 Å². The first-order valence-corrected chi connectivity index (χ1v) is 6.64. The average molecular weight is 242 g/mol. The fraction of sp³-hybridized carbons (Fsp3) is 0.923. The molecule has 0 spiro atoms. The van der Waals surface area contributed by atoms with Gasteiger partial charge >= 0.3 is 0 Å². The molecule has 17 heavy (non-hydrogen) atoms. The Labute approximate surface area is 104 Å². The summed E-state index contributed by atoms with van der Waals surface area (Å²) >= 11 is 0. The molecule has 1 atom stereocenters. The molecule has 1 saturated carbocycles. The summed E-state index contributed by atoms with van der Waals surface area (Å²) < 4.78 is 0. The van der Waals surface area contributed by atoms with Crippen LogP contribution in [0.1, 0.15) is 52.9 Å². The minimum absolute atomic E-state index is 0.0330. The number of rotatable bonds is 5. The molecule has 1 fully saturated rings. The van der Waals surface area contributed by atoms with Crippen LogP contribution in [0.25, 0.3) is 0 Å². The van der Waals surface area contributed by atoms with Crippen LogP contribution in [0.3, 0.4) is 0 Å². The Bertz CT molecular complexity index is 246. The van der Waals surface area contributed by atoms with Gasteiger partial charge in [-0.3, -0.25) is 4.79 Å². The molecule has 0 aromatic rings. The Balaban J connectivity index is 2.25. The summed E-state index contributed by atoms with van der Waals surface area (Å²) in [4.78, 5) is 11.7. The summed E-state index contributed by atoms with van der Waals surface area (Å²) in [5.74, 6) is 0.0330. The summed E-state index contributed by atoms with van der Waals surface area (Å²) in [6.45, 7) is 5.79. The van der Waals surface area contributed by atoms with Crippen LogP contribution >= 0.6 is 0 Å². The summed E-state index contributed by atoms with van der Waals surface area (Å²) in [7, 11) is 0. The Hall–Kier alpha value is -0.610. The first-order valence-electron chi connectivity index (χ1n) is 6.64. The van der Waals surface area contributed by atoms with Crippen molar-refractivity contribution in [3.63, 3.8) is 0 Å². The van der Waals surface area contributed by atoms with E-state index >= 15 is 0 Å². The van der Waals surface area contributed by atoms with Gasteiger partial charge in [0.1, 0.15) is 0 Å². The lowest BCUT2D eigenvalue weighted by Crippen LogP contribution is -2.52. The predicted molar refractivity (Wildman–Crippen MR) is 68.8 cm³/mol. The number of amides is 1. The molecule has 1 aliphatic rings. The first kappa shape index (κ1) is 14.5. The molecule has 0 radical (unpaired) electrons. The topological polar surface area (TPSA) is 61.4 Å². The fourth-order valence-corrected chi connectivity index (χ4v) is 1.98. The van der Waals surface area contributed by atoms with Crippen LogP contribution in [0.15, 0.2) is 0 Å². The van der Waals surface area contributed by atoms with Crippen LogP contribution in [0, 0.1) is 0 Å². The van der Waals surface area contributed by atoms with Gasteiger partial charge in [0, 0.05) is 11.6 Å². The van der Waals surface area contributed by atoms with Crippen LogP contribution in [0.2, 0.25) is 0 Å². The minimum Gasteiger partial charge on any atom is -0.392 e. The summed E-state index contributed by atoms with van der Waals surface area (Å²) in [5, 5.41) is 15.7. The number of aliphatic hydroxyl groups is 1. The molecule has 1 amide bonds. The second-order valence-electron chi connectivity index (χ2n) is 5.65. The van der Waals surface area contributed by atoms with E-state index in [1.165, 1.54) is 19.3 Å². The maximum Gasteiger partial charge on any atom is 0.234 e. The lowest BCUT2D eigenvalue weighted by Gasteiger charge is -2.30. The highest BCUT2D eigenvalue weighted by molar-refractivity contribution is 5.78. The van der Waals surface area contributed by atoms with E-state index in [0.29, 0.717) is 6.04 Å². The zero-order valence-electron chi connectivity index (χ0n) is 11.3. The van der Waals surface area contributed by atoms with Gasteiger partial charge in [0.2, 0.25) is 5.91 Å². The van der Waals surface area contributed by atoms with Gasteiger partial charge in [-0.25, -0.2) is 0 Å². The van der Waals surface area contributed by atoms with Crippen molar-refractivity contribution in [2.24, 2.45) is 0 Å². The van der Waals surface area contributed by atoms with Crippen molar-refractivity contribution < 1.29 is 9.90 Å². The zero-order chi connectivity index (χ0) is 12.9. The standard InChI is InChI=1S/C13H26N2O2/c1-10(16)13(2,3)14-9-12(17)15-11-7-5-4-6-8-11/h10-11,14,16H,4-9H2,1-3H3,(H,15,17). The Morgan fingerprint density at radius 1 is 1.35 bits per heavy atom. The third-order valence-electron chi connectivity index (χ3n) is 3.72. The van der Waals surface area contributed by atoms with Gasteiger partial charge in [0.05, 0.1) is 12.6 Å². The second kappa shape index (κ2) is 6.36. The van der Waals surface area contributed by atoms with Gasteiger partial charge in [-0.1, -0.05) is 19.3 Å². The average Bonchev–Trinajstić information content (AvgIpc) is 2.28. The van der Waals surface area contributed by atoms with E-state index in [1.54, 1.807) is 6.92 Å². The van der Waals surface area contributed by atoms with Crippen molar-refractivity contribution in [2.45, 2.75) is 70.6 Å². The molecule has 1 rings (SSSR count). The monoisotopic (exact) mass is 242 g/mol. The van der Waals surface area contributed by atoms with E-state index in [2.05, 4.69) is 10.6 Å². The number of aliphatic hydroxyl groups excluding tert-OH is 1. The molecule has 100 valence electrons. The van der Waals surface area contributed by atoms with Crippen molar-refractivity contribution in [1.29, 1.82) is 0 Å². The number of carbonyl (C=O) groups is 1. The van der Waals surface area contributed by atoms with Gasteiger partial charge in [0.25, 0.3) is 0 Å². The highest BCUT2D eigenvalue weighted by Crippen LogP contribution is 2.17. The largest absolute Gasteiger partial charge is 0.392 e. The molecule has 1 unspecified atom stereocenters. The van der Waals surface area contributed by atoms with Crippen molar-refractivity contribution in [3.05, 3.63) is 0 Å². The second-order valence-corrected chi connectivity index (χ2v) is 5.65. The number of hydrogen-bond donors (Lipinski definition) is 3. The molecular formula is C13H26N2O2. The molecule has 0 aromatic carbocycles. The number of carbonyl (C=O) groups excluding carboxylic acids is 1. The van der Waals surface area contributed by atoms with E-state index in [0.717, 1.165) is 12.8 Å². The molecule has 0 heterocycles. The smallest absolute Gasteiger partial charge is 0.234 e. The lowest BCUT2D eigenvalue weighted by molar-refractivity contribution is -0.121. The Kier molecular flexibility index (Phi) is 5.40. The van der Waals surface area contributed by atoms with Gasteiger partial charge in [-0.2, -0.15) is 0 Å². The number of nitrogens with one attached hydrogen (secondary N) is 2. The van der Waals surface area contributed by atoms with Crippen molar-refractivity contribution in [1.82, 2.24) is 10.6 Å². The van der Waals surface area contributed by atoms with Gasteiger partial charge in [-0.05, 0) is 33.6 Å².